The standard InChI is InChI=1S/C12H22BrN3O/c1-5-10-12(13)11(16(6-2)14-10)7-9(17)8-15(3)4/h9,17H,5-8H2,1-4H3. The number of likely N-dealkylation sites (N-methyl/N-ethyl adjacent to an activating group) is 1. The maximum absolute atomic E-state index is 10.00. The van der Waals surface area contributed by atoms with Crippen LogP contribution in [0.2, 0.25) is 0 Å². The lowest BCUT2D eigenvalue weighted by molar-refractivity contribution is 0.134. The summed E-state index contributed by atoms with van der Waals surface area (Å²) in [5.41, 5.74) is 2.16. The lowest BCUT2D eigenvalue weighted by atomic mass is 10.1. The first-order chi connectivity index (χ1) is 7.99. The van der Waals surface area contributed by atoms with Crippen molar-refractivity contribution in [2.45, 2.75) is 39.3 Å². The molecule has 17 heavy (non-hydrogen) atoms. The fourth-order valence-electron chi connectivity index (χ4n) is 1.92. The zero-order valence-electron chi connectivity index (χ0n) is 11.1. The Hall–Kier alpha value is -0.390. The van der Waals surface area contributed by atoms with Crippen LogP contribution >= 0.6 is 15.9 Å². The molecule has 4 nitrogen and oxygen atoms in total. The predicted octanol–water partition coefficient (Wildman–Crippen LogP) is 1.69. The number of aryl methyl sites for hydroxylation is 2. The summed E-state index contributed by atoms with van der Waals surface area (Å²) in [4.78, 5) is 1.99. The highest BCUT2D eigenvalue weighted by Crippen LogP contribution is 2.23. The van der Waals surface area contributed by atoms with Gasteiger partial charge in [0, 0.05) is 19.5 Å². The zero-order chi connectivity index (χ0) is 13.0. The molecule has 0 aliphatic rings. The van der Waals surface area contributed by atoms with Crippen molar-refractivity contribution < 1.29 is 5.11 Å². The zero-order valence-corrected chi connectivity index (χ0v) is 12.7. The Morgan fingerprint density at radius 3 is 2.53 bits per heavy atom. The van der Waals surface area contributed by atoms with Gasteiger partial charge in [-0.25, -0.2) is 0 Å². The van der Waals surface area contributed by atoms with Crippen molar-refractivity contribution in [3.8, 4) is 0 Å². The van der Waals surface area contributed by atoms with Gasteiger partial charge in [0.25, 0.3) is 0 Å². The van der Waals surface area contributed by atoms with E-state index < -0.39 is 0 Å². The summed E-state index contributed by atoms with van der Waals surface area (Å²) in [6.45, 7) is 5.67. The smallest absolute Gasteiger partial charge is 0.0766 e. The van der Waals surface area contributed by atoms with E-state index in [1.807, 2.05) is 23.7 Å². The van der Waals surface area contributed by atoms with Crippen molar-refractivity contribution in [3.63, 3.8) is 0 Å². The topological polar surface area (TPSA) is 41.3 Å². The van der Waals surface area contributed by atoms with Crippen LogP contribution in [0.3, 0.4) is 0 Å². The Balaban J connectivity index is 2.85. The van der Waals surface area contributed by atoms with E-state index in [1.165, 1.54) is 0 Å². The van der Waals surface area contributed by atoms with Gasteiger partial charge in [-0.3, -0.25) is 4.68 Å². The van der Waals surface area contributed by atoms with Crippen molar-refractivity contribution in [1.29, 1.82) is 0 Å². The quantitative estimate of drug-likeness (QED) is 0.869. The first kappa shape index (κ1) is 14.7. The number of hydrogen-bond donors (Lipinski definition) is 1. The van der Waals surface area contributed by atoms with Crippen LogP contribution in [-0.2, 0) is 19.4 Å². The summed E-state index contributed by atoms with van der Waals surface area (Å²) in [5.74, 6) is 0. The molecule has 0 amide bonds. The number of nitrogens with zero attached hydrogens (tertiary/aromatic N) is 3. The fourth-order valence-corrected chi connectivity index (χ4v) is 2.65. The highest BCUT2D eigenvalue weighted by atomic mass is 79.9. The SMILES string of the molecule is CCc1nn(CC)c(CC(O)CN(C)C)c1Br. The first-order valence-electron chi connectivity index (χ1n) is 6.06. The highest BCUT2D eigenvalue weighted by molar-refractivity contribution is 9.10. The van der Waals surface area contributed by atoms with E-state index in [9.17, 15) is 5.11 Å². The minimum absolute atomic E-state index is 0.354. The van der Waals surface area contributed by atoms with Gasteiger partial charge in [-0.2, -0.15) is 5.10 Å². The molecule has 0 radical (unpaired) electrons. The predicted molar refractivity (Wildman–Crippen MR) is 73.2 cm³/mol. The fraction of sp³-hybridized carbons (Fsp3) is 0.750. The van der Waals surface area contributed by atoms with E-state index in [2.05, 4.69) is 34.9 Å². The second-order valence-electron chi connectivity index (χ2n) is 4.50. The summed E-state index contributed by atoms with van der Waals surface area (Å²) in [7, 11) is 3.93. The number of halogens is 1. The van der Waals surface area contributed by atoms with Crippen LogP contribution in [0.1, 0.15) is 25.2 Å². The van der Waals surface area contributed by atoms with Gasteiger partial charge in [-0.1, -0.05) is 6.92 Å². The molecule has 0 aliphatic heterocycles. The molecular formula is C12H22BrN3O. The number of rotatable bonds is 6. The summed E-state index contributed by atoms with van der Waals surface area (Å²) in [6.07, 6.45) is 1.19. The van der Waals surface area contributed by atoms with Crippen LogP contribution in [0.5, 0.6) is 0 Å². The molecule has 0 bridgehead atoms. The Morgan fingerprint density at radius 1 is 1.41 bits per heavy atom. The molecule has 0 saturated heterocycles. The highest BCUT2D eigenvalue weighted by Gasteiger charge is 2.17. The summed E-state index contributed by atoms with van der Waals surface area (Å²) >= 11 is 3.59. The van der Waals surface area contributed by atoms with Gasteiger partial charge in [-0.15, -0.1) is 0 Å². The average Bonchev–Trinajstić information content (AvgIpc) is 2.55. The third-order valence-corrected chi connectivity index (χ3v) is 3.61. The Morgan fingerprint density at radius 2 is 2.06 bits per heavy atom. The minimum Gasteiger partial charge on any atom is -0.391 e. The normalized spacial score (nSPS) is 13.4. The van der Waals surface area contributed by atoms with Crippen LogP contribution in [0.25, 0.3) is 0 Å². The second-order valence-corrected chi connectivity index (χ2v) is 5.29. The van der Waals surface area contributed by atoms with E-state index in [0.29, 0.717) is 13.0 Å². The molecule has 1 N–H and O–H groups in total. The molecule has 1 aromatic rings. The van der Waals surface area contributed by atoms with E-state index in [-0.39, 0.29) is 6.10 Å². The summed E-state index contributed by atoms with van der Waals surface area (Å²) < 4.78 is 3.03. The monoisotopic (exact) mass is 303 g/mol. The first-order valence-corrected chi connectivity index (χ1v) is 6.85. The van der Waals surface area contributed by atoms with Crippen molar-refractivity contribution in [2.24, 2.45) is 0 Å². The number of hydrogen-bond acceptors (Lipinski definition) is 3. The molecule has 0 saturated carbocycles. The van der Waals surface area contributed by atoms with Crippen LogP contribution in [0, 0.1) is 0 Å². The number of aromatic nitrogens is 2. The number of aliphatic hydroxyl groups is 1. The second kappa shape index (κ2) is 6.52. The van der Waals surface area contributed by atoms with Crippen molar-refractivity contribution in [2.75, 3.05) is 20.6 Å². The molecule has 0 aliphatic carbocycles. The van der Waals surface area contributed by atoms with Gasteiger partial charge in [-0.05, 0) is 43.4 Å². The van der Waals surface area contributed by atoms with Gasteiger partial charge in [0.05, 0.1) is 22.0 Å². The van der Waals surface area contributed by atoms with Crippen LogP contribution < -0.4 is 0 Å². The third-order valence-electron chi connectivity index (χ3n) is 2.70. The van der Waals surface area contributed by atoms with Crippen LogP contribution in [-0.4, -0.2) is 46.5 Å². The van der Waals surface area contributed by atoms with Crippen molar-refractivity contribution in [1.82, 2.24) is 14.7 Å². The largest absolute Gasteiger partial charge is 0.391 e. The Kier molecular flexibility index (Phi) is 5.62. The van der Waals surface area contributed by atoms with Crippen molar-refractivity contribution in [3.05, 3.63) is 15.9 Å². The minimum atomic E-state index is -0.354. The van der Waals surface area contributed by atoms with Gasteiger partial charge >= 0.3 is 0 Å². The van der Waals surface area contributed by atoms with Crippen molar-refractivity contribution >= 4 is 15.9 Å². The van der Waals surface area contributed by atoms with E-state index in [0.717, 1.165) is 28.8 Å². The average molecular weight is 304 g/mol. The van der Waals surface area contributed by atoms with E-state index in [1.54, 1.807) is 0 Å². The van der Waals surface area contributed by atoms with Gasteiger partial charge in [0.15, 0.2) is 0 Å². The van der Waals surface area contributed by atoms with E-state index in [4.69, 9.17) is 0 Å². The molecule has 1 aromatic heterocycles. The van der Waals surface area contributed by atoms with Crippen LogP contribution in [0.4, 0.5) is 0 Å². The molecule has 1 heterocycles. The van der Waals surface area contributed by atoms with Gasteiger partial charge in [0.2, 0.25) is 0 Å². The van der Waals surface area contributed by atoms with Gasteiger partial charge < -0.3 is 10.0 Å². The summed E-state index contributed by atoms with van der Waals surface area (Å²) in [5, 5.41) is 14.5. The lowest BCUT2D eigenvalue weighted by Gasteiger charge is -2.16. The molecule has 0 fully saturated rings. The maximum Gasteiger partial charge on any atom is 0.0766 e. The molecule has 5 heteroatoms. The number of aliphatic hydroxyl groups excluding tert-OH is 1. The lowest BCUT2D eigenvalue weighted by Crippen LogP contribution is -2.28. The summed E-state index contributed by atoms with van der Waals surface area (Å²) in [6, 6.07) is 0. The molecule has 98 valence electrons. The maximum atomic E-state index is 10.00. The molecule has 1 atom stereocenters. The Labute approximate surface area is 112 Å². The molecule has 1 rings (SSSR count). The molecule has 1 unspecified atom stereocenters. The van der Waals surface area contributed by atoms with E-state index >= 15 is 0 Å². The van der Waals surface area contributed by atoms with Crippen LogP contribution in [0.15, 0.2) is 4.47 Å². The Bertz CT molecular complexity index is 363. The van der Waals surface area contributed by atoms with Gasteiger partial charge in [0.1, 0.15) is 0 Å². The molecule has 0 aromatic carbocycles. The molecular weight excluding hydrogens is 282 g/mol. The molecule has 0 spiro atoms. The third kappa shape index (κ3) is 3.79.